The Balaban J connectivity index is 1.35. The van der Waals surface area contributed by atoms with Gasteiger partial charge in [-0.15, -0.1) is 0 Å². The van der Waals surface area contributed by atoms with Gasteiger partial charge in [0.1, 0.15) is 16.8 Å². The van der Waals surface area contributed by atoms with Crippen LogP contribution in [0.1, 0.15) is 6.92 Å². The first kappa shape index (κ1) is 24.8. The predicted octanol–water partition coefficient (Wildman–Crippen LogP) is 5.71. The number of nitrogens with one attached hydrogen (secondary N) is 1. The van der Waals surface area contributed by atoms with Gasteiger partial charge in [0.25, 0.3) is 0 Å². The van der Waals surface area contributed by atoms with Crippen molar-refractivity contribution in [2.75, 3.05) is 50.1 Å². The van der Waals surface area contributed by atoms with Gasteiger partial charge in [-0.05, 0) is 55.1 Å². The number of benzene rings is 3. The van der Waals surface area contributed by atoms with Gasteiger partial charge in [0, 0.05) is 66.1 Å². The molecule has 1 aromatic heterocycles. The molecule has 2 heterocycles. The van der Waals surface area contributed by atoms with Crippen LogP contribution in [0.15, 0.2) is 67.0 Å². The summed E-state index contributed by atoms with van der Waals surface area (Å²) in [4.78, 5) is 26.5. The largest absolute Gasteiger partial charge is 0.497 e. The van der Waals surface area contributed by atoms with Gasteiger partial charge in [-0.1, -0.05) is 24.6 Å². The van der Waals surface area contributed by atoms with Crippen LogP contribution in [0.4, 0.5) is 16.2 Å². The molecule has 4 aromatic rings. The van der Waals surface area contributed by atoms with E-state index in [4.69, 9.17) is 21.1 Å². The molecule has 1 N–H and O–H groups in total. The van der Waals surface area contributed by atoms with Gasteiger partial charge >= 0.3 is 6.09 Å². The number of anilines is 2. The minimum absolute atomic E-state index is 0.301. The predicted molar refractivity (Wildman–Crippen MR) is 147 cm³/mol. The Morgan fingerprint density at radius 3 is 2.51 bits per heavy atom. The lowest BCUT2D eigenvalue weighted by molar-refractivity contribution is 0.215. The van der Waals surface area contributed by atoms with E-state index in [1.165, 1.54) is 0 Å². The van der Waals surface area contributed by atoms with E-state index < -0.39 is 6.09 Å². The molecule has 37 heavy (non-hydrogen) atoms. The van der Waals surface area contributed by atoms with E-state index >= 15 is 0 Å². The number of halogens is 1. The monoisotopic (exact) mass is 517 g/mol. The normalized spacial score (nSPS) is 14.0. The third-order valence-electron chi connectivity index (χ3n) is 6.53. The maximum Gasteiger partial charge on any atom is 0.417 e. The minimum atomic E-state index is -0.605. The van der Waals surface area contributed by atoms with Crippen LogP contribution in [0, 0.1) is 0 Å². The molecule has 1 saturated heterocycles. The summed E-state index contributed by atoms with van der Waals surface area (Å²) in [6, 6.07) is 16.7. The van der Waals surface area contributed by atoms with Gasteiger partial charge in [0.05, 0.1) is 7.11 Å². The molecular weight excluding hydrogens is 490 g/mol. The SMILES string of the molecule is CCN1CCN(c2cccc(NC(=O)Oc3ccc(-c4cc(OC)ccc4Cl)c4nccnc34)c2)CC1. The van der Waals surface area contributed by atoms with Crippen molar-refractivity contribution >= 4 is 40.1 Å². The van der Waals surface area contributed by atoms with Crippen LogP contribution < -0.4 is 19.7 Å². The highest BCUT2D eigenvalue weighted by atomic mass is 35.5. The Morgan fingerprint density at radius 2 is 1.76 bits per heavy atom. The third-order valence-corrected chi connectivity index (χ3v) is 6.86. The van der Waals surface area contributed by atoms with Crippen LogP contribution >= 0.6 is 11.6 Å². The van der Waals surface area contributed by atoms with Crippen LogP contribution in [-0.4, -0.2) is 60.8 Å². The van der Waals surface area contributed by atoms with Crippen molar-refractivity contribution in [2.45, 2.75) is 6.92 Å². The Bertz CT molecular complexity index is 1420. The zero-order valence-corrected chi connectivity index (χ0v) is 21.5. The van der Waals surface area contributed by atoms with Crippen molar-refractivity contribution < 1.29 is 14.3 Å². The molecule has 0 atom stereocenters. The van der Waals surface area contributed by atoms with Gasteiger partial charge < -0.3 is 19.3 Å². The van der Waals surface area contributed by atoms with Gasteiger partial charge in [-0.25, -0.2) is 9.78 Å². The summed E-state index contributed by atoms with van der Waals surface area (Å²) in [7, 11) is 1.60. The van der Waals surface area contributed by atoms with E-state index in [9.17, 15) is 4.79 Å². The van der Waals surface area contributed by atoms with Crippen molar-refractivity contribution in [1.82, 2.24) is 14.9 Å². The number of nitrogens with zero attached hydrogens (tertiary/aromatic N) is 4. The molecule has 0 saturated carbocycles. The molecule has 1 amide bonds. The Labute approximate surface area is 220 Å². The third kappa shape index (κ3) is 5.45. The molecule has 8 nitrogen and oxygen atoms in total. The number of likely N-dealkylation sites (N-methyl/N-ethyl adjacent to an activating group) is 1. The highest BCUT2D eigenvalue weighted by Crippen LogP contribution is 2.37. The van der Waals surface area contributed by atoms with Crippen LogP contribution in [0.25, 0.3) is 22.2 Å². The van der Waals surface area contributed by atoms with Gasteiger partial charge in [0.2, 0.25) is 0 Å². The summed E-state index contributed by atoms with van der Waals surface area (Å²) < 4.78 is 11.0. The molecule has 1 aliphatic rings. The lowest BCUT2D eigenvalue weighted by Crippen LogP contribution is -2.46. The average Bonchev–Trinajstić information content (AvgIpc) is 2.94. The molecular formula is C28H28ClN5O3. The lowest BCUT2D eigenvalue weighted by atomic mass is 10.0. The van der Waals surface area contributed by atoms with Crippen molar-refractivity contribution in [3.63, 3.8) is 0 Å². The zero-order chi connectivity index (χ0) is 25.8. The first-order valence-corrected chi connectivity index (χ1v) is 12.6. The number of carbonyl (C=O) groups is 1. The number of rotatable bonds is 6. The quantitative estimate of drug-likeness (QED) is 0.351. The maximum absolute atomic E-state index is 12.8. The topological polar surface area (TPSA) is 79.8 Å². The fraction of sp³-hybridized carbons (Fsp3) is 0.250. The second-order valence-electron chi connectivity index (χ2n) is 8.70. The van der Waals surface area contributed by atoms with Crippen molar-refractivity contribution in [3.8, 4) is 22.6 Å². The molecule has 1 fully saturated rings. The molecule has 190 valence electrons. The summed E-state index contributed by atoms with van der Waals surface area (Å²) in [6.07, 6.45) is 2.55. The van der Waals surface area contributed by atoms with Crippen molar-refractivity contribution in [3.05, 3.63) is 72.0 Å². The number of ether oxygens (including phenoxy) is 2. The van der Waals surface area contributed by atoms with Crippen molar-refractivity contribution in [2.24, 2.45) is 0 Å². The van der Waals surface area contributed by atoms with E-state index in [2.05, 4.69) is 38.1 Å². The number of amides is 1. The molecule has 3 aromatic carbocycles. The minimum Gasteiger partial charge on any atom is -0.497 e. The van der Waals surface area contributed by atoms with Gasteiger partial charge in [-0.3, -0.25) is 10.3 Å². The van der Waals surface area contributed by atoms with E-state index in [1.807, 2.05) is 30.3 Å². The molecule has 9 heteroatoms. The highest BCUT2D eigenvalue weighted by molar-refractivity contribution is 6.33. The van der Waals surface area contributed by atoms with Crippen LogP contribution in [0.2, 0.25) is 5.02 Å². The van der Waals surface area contributed by atoms with Crippen molar-refractivity contribution in [1.29, 1.82) is 0 Å². The fourth-order valence-corrected chi connectivity index (χ4v) is 4.74. The van der Waals surface area contributed by atoms with Gasteiger partial charge in [0.15, 0.2) is 5.75 Å². The van der Waals surface area contributed by atoms with Crippen LogP contribution in [0.3, 0.4) is 0 Å². The van der Waals surface area contributed by atoms with Crippen LogP contribution in [0.5, 0.6) is 11.5 Å². The molecule has 1 aliphatic heterocycles. The number of hydrogen-bond acceptors (Lipinski definition) is 7. The summed E-state index contributed by atoms with van der Waals surface area (Å²) in [5, 5.41) is 3.39. The fourth-order valence-electron chi connectivity index (χ4n) is 4.52. The van der Waals surface area contributed by atoms with E-state index in [1.54, 1.807) is 37.7 Å². The highest BCUT2D eigenvalue weighted by Gasteiger charge is 2.18. The first-order valence-electron chi connectivity index (χ1n) is 12.2. The molecule has 0 bridgehead atoms. The summed E-state index contributed by atoms with van der Waals surface area (Å²) in [5.74, 6) is 0.973. The summed E-state index contributed by atoms with van der Waals surface area (Å²) in [5.41, 5.74) is 4.27. The second-order valence-corrected chi connectivity index (χ2v) is 9.10. The molecule has 0 aliphatic carbocycles. The summed E-state index contributed by atoms with van der Waals surface area (Å²) in [6.45, 7) is 7.21. The maximum atomic E-state index is 12.8. The standard InChI is InChI=1S/C28H28ClN5O3/c1-3-33-13-15-34(16-14-33)20-6-4-5-19(17-20)32-28(35)37-25-10-8-22(26-27(25)31-12-11-30-26)23-18-21(36-2)7-9-24(23)29/h4-12,17-18H,3,13-16H2,1-2H3,(H,32,35). The number of hydrogen-bond donors (Lipinski definition) is 1. The molecule has 5 rings (SSSR count). The Morgan fingerprint density at radius 1 is 0.973 bits per heavy atom. The van der Waals surface area contributed by atoms with E-state index in [-0.39, 0.29) is 0 Å². The molecule has 0 spiro atoms. The molecule has 0 unspecified atom stereocenters. The number of methoxy groups -OCH3 is 1. The summed E-state index contributed by atoms with van der Waals surface area (Å²) >= 11 is 6.48. The smallest absolute Gasteiger partial charge is 0.417 e. The van der Waals surface area contributed by atoms with E-state index in [0.717, 1.165) is 49.5 Å². The second kappa shape index (κ2) is 11.0. The number of piperazine rings is 1. The van der Waals surface area contributed by atoms with E-state index in [0.29, 0.717) is 33.2 Å². The first-order chi connectivity index (χ1) is 18.1. The number of fused-ring (bicyclic) bond motifs is 1. The van der Waals surface area contributed by atoms with Crippen LogP contribution in [-0.2, 0) is 0 Å². The molecule has 0 radical (unpaired) electrons. The lowest BCUT2D eigenvalue weighted by Gasteiger charge is -2.35. The average molecular weight is 518 g/mol. The number of carbonyl (C=O) groups excluding carboxylic acids is 1. The van der Waals surface area contributed by atoms with Gasteiger partial charge in [-0.2, -0.15) is 0 Å². The number of aromatic nitrogens is 2. The zero-order valence-electron chi connectivity index (χ0n) is 20.8. The Hall–Kier alpha value is -3.88. The Kier molecular flexibility index (Phi) is 7.39.